The van der Waals surface area contributed by atoms with Crippen molar-refractivity contribution in [1.29, 1.82) is 0 Å². The first-order valence-corrected chi connectivity index (χ1v) is 13.8. The third kappa shape index (κ3) is 7.30. The predicted octanol–water partition coefficient (Wildman–Crippen LogP) is 0.291. The summed E-state index contributed by atoms with van der Waals surface area (Å²) >= 11 is 0. The van der Waals surface area contributed by atoms with Crippen LogP contribution in [0.15, 0.2) is 34.0 Å². The molecule has 0 aliphatic carbocycles. The molecule has 0 saturated carbocycles. The van der Waals surface area contributed by atoms with E-state index < -0.39 is 21.7 Å². The van der Waals surface area contributed by atoms with Crippen LogP contribution in [0.1, 0.15) is 38.2 Å². The molecule has 0 aliphatic rings. The van der Waals surface area contributed by atoms with E-state index in [9.17, 15) is 23.1 Å². The lowest BCUT2D eigenvalue weighted by Gasteiger charge is -2.22. The first-order chi connectivity index (χ1) is 18.2. The second kappa shape index (κ2) is 13.3. The Bertz CT molecular complexity index is 1400. The van der Waals surface area contributed by atoms with Crippen LogP contribution in [0.5, 0.6) is 6.01 Å². The maximum absolute atomic E-state index is 13.3. The van der Waals surface area contributed by atoms with Crippen molar-refractivity contribution in [3.8, 4) is 6.01 Å². The normalized spacial score (nSPS) is 11.9. The quantitative estimate of drug-likeness (QED) is 0.235. The first kappa shape index (κ1) is 29.1. The smallest absolute Gasteiger partial charge is 0.327 e. The van der Waals surface area contributed by atoms with Gasteiger partial charge in [0.15, 0.2) is 11.5 Å². The van der Waals surface area contributed by atoms with Gasteiger partial charge < -0.3 is 30.1 Å². The number of carboxylic acids is 1. The molecule has 38 heavy (non-hydrogen) atoms. The van der Waals surface area contributed by atoms with Crippen LogP contribution in [0.25, 0.3) is 11.2 Å². The number of ether oxygens (including phenoxy) is 2. The van der Waals surface area contributed by atoms with E-state index in [2.05, 4.69) is 15.0 Å². The molecule has 3 aromatic rings. The minimum absolute atomic E-state index is 0.0111. The highest BCUT2D eigenvalue weighted by Crippen LogP contribution is 2.20. The summed E-state index contributed by atoms with van der Waals surface area (Å²) in [6.45, 7) is 3.17. The molecule has 14 heteroatoms. The van der Waals surface area contributed by atoms with E-state index in [1.165, 1.54) is 40.2 Å². The number of H-pyrrole nitrogens is 1. The molecule has 0 bridgehead atoms. The number of methoxy groups -OCH3 is 1. The van der Waals surface area contributed by atoms with Crippen molar-refractivity contribution in [3.05, 3.63) is 40.3 Å². The van der Waals surface area contributed by atoms with Crippen LogP contribution in [0.2, 0.25) is 0 Å². The van der Waals surface area contributed by atoms with E-state index in [-0.39, 0.29) is 49.4 Å². The van der Waals surface area contributed by atoms with Gasteiger partial charge >= 0.3 is 11.7 Å². The molecule has 3 N–H and O–H groups in total. The number of aromatic nitrogens is 4. The number of carbonyl (C=O) groups excluding carboxylic acids is 1. The fourth-order valence-corrected chi connectivity index (χ4v) is 5.38. The minimum atomic E-state index is -3.92. The third-order valence-corrected chi connectivity index (χ3v) is 7.72. The van der Waals surface area contributed by atoms with Crippen molar-refractivity contribution >= 4 is 33.0 Å². The van der Waals surface area contributed by atoms with Crippen molar-refractivity contribution in [1.82, 2.24) is 23.8 Å². The number of anilines is 1. The van der Waals surface area contributed by atoms with Gasteiger partial charge in [0.2, 0.25) is 10.0 Å². The molecule has 13 nitrogen and oxygen atoms in total. The van der Waals surface area contributed by atoms with Gasteiger partial charge in [-0.2, -0.15) is 14.3 Å². The number of rotatable bonds is 16. The van der Waals surface area contributed by atoms with Gasteiger partial charge in [-0.3, -0.25) is 4.57 Å². The molecule has 1 aromatic carbocycles. The Kier molecular flexibility index (Phi) is 10.2. The molecule has 2 heterocycles. The number of aryl methyl sites for hydroxylation is 1. The number of aliphatic carboxylic acids is 1. The zero-order valence-electron chi connectivity index (χ0n) is 21.5. The summed E-state index contributed by atoms with van der Waals surface area (Å²) in [6.07, 6.45) is 2.27. The standard InChI is InChI=1S/C24H34N6O7S/c1-3-4-13-37-23-27-21(25)20-22(28-23)30(24(33)26-20)11-6-5-10-29(12-14-36-2)38(34,35)18-9-7-8-17(15-18)16-19(31)32/h7-9,15H,3-6,10-14,16H2,1-2H3,(H,26,33)(H,31,32)(H2,25,27,28)/p-1. The van der Waals surface area contributed by atoms with Crippen LogP contribution in [-0.4, -0.2) is 71.6 Å². The zero-order chi connectivity index (χ0) is 27.7. The van der Waals surface area contributed by atoms with Crippen molar-refractivity contribution in [3.63, 3.8) is 0 Å². The van der Waals surface area contributed by atoms with Gasteiger partial charge in [0.25, 0.3) is 0 Å². The molecule has 0 unspecified atom stereocenters. The number of aromatic amines is 1. The van der Waals surface area contributed by atoms with E-state index in [0.29, 0.717) is 36.2 Å². The lowest BCUT2D eigenvalue weighted by molar-refractivity contribution is -0.304. The number of nitrogen functional groups attached to an aromatic ring is 1. The van der Waals surface area contributed by atoms with Gasteiger partial charge in [-0.25, -0.2) is 13.2 Å². The number of nitrogens with two attached hydrogens (primary N) is 1. The number of nitrogens with zero attached hydrogens (tertiary/aromatic N) is 4. The highest BCUT2D eigenvalue weighted by atomic mass is 32.2. The molecule has 0 amide bonds. The van der Waals surface area contributed by atoms with Crippen LogP contribution in [0.3, 0.4) is 0 Å². The number of hydrogen-bond acceptors (Lipinski definition) is 10. The van der Waals surface area contributed by atoms with Crippen LogP contribution < -0.4 is 21.3 Å². The van der Waals surface area contributed by atoms with Crippen molar-refractivity contribution in [2.75, 3.05) is 39.1 Å². The van der Waals surface area contributed by atoms with Crippen molar-refractivity contribution in [2.45, 2.75) is 50.5 Å². The molecule has 3 rings (SSSR count). The maximum atomic E-state index is 13.3. The number of nitrogens with one attached hydrogen (secondary N) is 1. The Labute approximate surface area is 220 Å². The molecule has 0 spiro atoms. The Balaban J connectivity index is 1.72. The van der Waals surface area contributed by atoms with E-state index in [1.807, 2.05) is 6.92 Å². The highest BCUT2D eigenvalue weighted by molar-refractivity contribution is 7.89. The maximum Gasteiger partial charge on any atom is 0.327 e. The monoisotopic (exact) mass is 549 g/mol. The molecule has 0 aliphatic heterocycles. The van der Waals surface area contributed by atoms with Crippen LogP contribution >= 0.6 is 0 Å². The Morgan fingerprint density at radius 2 is 1.97 bits per heavy atom. The molecular formula is C24H33N6O7S-. The summed E-state index contributed by atoms with van der Waals surface area (Å²) < 4.78 is 40.0. The average molecular weight is 550 g/mol. The van der Waals surface area contributed by atoms with E-state index in [4.69, 9.17) is 15.2 Å². The SMILES string of the molecule is CCCCOc1nc(N)c2[nH]c(=O)n(CCCCN(CCOC)S(=O)(=O)c3cccc(CC(=O)[O-])c3)c2n1. The second-order valence-electron chi connectivity index (χ2n) is 8.67. The molecule has 0 fully saturated rings. The van der Waals surface area contributed by atoms with Gasteiger partial charge in [-0.05, 0) is 37.0 Å². The molecule has 208 valence electrons. The van der Waals surface area contributed by atoms with Crippen molar-refractivity contribution < 1.29 is 27.8 Å². The summed E-state index contributed by atoms with van der Waals surface area (Å²) in [5, 5.41) is 10.9. The van der Waals surface area contributed by atoms with Crippen molar-refractivity contribution in [2.24, 2.45) is 0 Å². The van der Waals surface area contributed by atoms with Gasteiger partial charge in [-0.15, -0.1) is 0 Å². The molecule has 2 aromatic heterocycles. The number of imidazole rings is 1. The summed E-state index contributed by atoms with van der Waals surface area (Å²) in [4.78, 5) is 34.6. The Morgan fingerprint density at radius 1 is 1.18 bits per heavy atom. The molecule has 0 atom stereocenters. The summed E-state index contributed by atoms with van der Waals surface area (Å²) in [6, 6.07) is 5.87. The fourth-order valence-electron chi connectivity index (χ4n) is 3.85. The fraction of sp³-hybridized carbons (Fsp3) is 0.500. The van der Waals surface area contributed by atoms with Gasteiger partial charge in [0.05, 0.1) is 18.1 Å². The van der Waals surface area contributed by atoms with E-state index in [0.717, 1.165) is 12.8 Å². The summed E-state index contributed by atoms with van der Waals surface area (Å²) in [5.41, 5.74) is 6.56. The topological polar surface area (TPSA) is 186 Å². The predicted molar refractivity (Wildman–Crippen MR) is 138 cm³/mol. The Morgan fingerprint density at radius 3 is 2.68 bits per heavy atom. The van der Waals surface area contributed by atoms with Crippen LogP contribution in [-0.2, 0) is 32.5 Å². The average Bonchev–Trinajstić information content (AvgIpc) is 3.19. The minimum Gasteiger partial charge on any atom is -0.550 e. The number of benzene rings is 1. The van der Waals surface area contributed by atoms with Crippen LogP contribution in [0.4, 0.5) is 5.82 Å². The lowest BCUT2D eigenvalue weighted by Crippen LogP contribution is -2.35. The van der Waals surface area contributed by atoms with E-state index in [1.54, 1.807) is 0 Å². The Hall–Kier alpha value is -3.49. The number of fused-ring (bicyclic) bond motifs is 1. The zero-order valence-corrected chi connectivity index (χ0v) is 22.3. The summed E-state index contributed by atoms with van der Waals surface area (Å²) in [7, 11) is -2.44. The number of sulfonamides is 1. The lowest BCUT2D eigenvalue weighted by atomic mass is 10.2. The number of carboxylic acid groups (broad SMARTS) is 1. The van der Waals surface area contributed by atoms with Crippen LogP contribution in [0, 0.1) is 0 Å². The number of carbonyl (C=O) groups is 1. The molecule has 0 saturated heterocycles. The second-order valence-corrected chi connectivity index (χ2v) is 10.6. The largest absolute Gasteiger partial charge is 0.550 e. The van der Waals surface area contributed by atoms with E-state index >= 15 is 0 Å². The third-order valence-electron chi connectivity index (χ3n) is 5.83. The number of hydrogen-bond donors (Lipinski definition) is 2. The number of unbranched alkanes of at least 4 members (excludes halogenated alkanes) is 2. The molecule has 0 radical (unpaired) electrons. The highest BCUT2D eigenvalue weighted by Gasteiger charge is 2.24. The first-order valence-electron chi connectivity index (χ1n) is 12.3. The molecular weight excluding hydrogens is 516 g/mol. The van der Waals surface area contributed by atoms with Gasteiger partial charge in [-0.1, -0.05) is 25.5 Å². The van der Waals surface area contributed by atoms with Gasteiger partial charge in [0.1, 0.15) is 5.52 Å². The van der Waals surface area contributed by atoms with Gasteiger partial charge in [0, 0.05) is 39.1 Å². The summed E-state index contributed by atoms with van der Waals surface area (Å²) in [5.74, 6) is -1.19.